The first kappa shape index (κ1) is 7.95. The first-order valence-corrected chi connectivity index (χ1v) is 4.13. The lowest BCUT2D eigenvalue weighted by molar-refractivity contribution is 0.521. The predicted molar refractivity (Wildman–Crippen MR) is 47.0 cm³/mol. The molecule has 0 aromatic rings. The van der Waals surface area contributed by atoms with Crippen molar-refractivity contribution in [1.82, 2.24) is 5.32 Å². The second kappa shape index (κ2) is 3.30. The van der Waals surface area contributed by atoms with Crippen molar-refractivity contribution < 1.29 is 0 Å². The van der Waals surface area contributed by atoms with Gasteiger partial charge in [0.05, 0.1) is 4.99 Å². The second-order valence-electron chi connectivity index (χ2n) is 2.83. The lowest BCUT2D eigenvalue weighted by Gasteiger charge is -2.16. The monoisotopic (exact) mass is 158 g/mol. The molecule has 0 bridgehead atoms. The van der Waals surface area contributed by atoms with Crippen molar-refractivity contribution in [1.29, 1.82) is 0 Å². The van der Waals surface area contributed by atoms with Crippen LogP contribution in [0.1, 0.15) is 19.3 Å². The van der Waals surface area contributed by atoms with Gasteiger partial charge in [0.25, 0.3) is 0 Å². The summed E-state index contributed by atoms with van der Waals surface area (Å²) in [4.78, 5) is 0.678. The summed E-state index contributed by atoms with van der Waals surface area (Å²) >= 11 is 4.94. The minimum Gasteiger partial charge on any atom is -0.393 e. The Kier molecular flexibility index (Phi) is 2.63. The molecule has 0 aliphatic heterocycles. The van der Waals surface area contributed by atoms with Gasteiger partial charge in [-0.05, 0) is 19.9 Å². The Morgan fingerprint density at radius 2 is 2.30 bits per heavy atom. The average molecular weight is 158 g/mol. The van der Waals surface area contributed by atoms with Crippen LogP contribution in [0.15, 0.2) is 0 Å². The molecule has 10 heavy (non-hydrogen) atoms. The molecule has 0 aromatic carbocycles. The third kappa shape index (κ3) is 1.47. The molecular weight excluding hydrogens is 144 g/mol. The van der Waals surface area contributed by atoms with E-state index in [-0.39, 0.29) is 0 Å². The van der Waals surface area contributed by atoms with Crippen LogP contribution in [0.5, 0.6) is 0 Å². The molecule has 0 radical (unpaired) electrons. The zero-order valence-corrected chi connectivity index (χ0v) is 7.08. The standard InChI is InChI=1S/C7H14N2S/c1-9-6-4-2-3-5(6)7(8)10/h5-6,9H,2-4H2,1H3,(H2,8,10)/t5-,6-/m1/s1. The number of hydrogen-bond donors (Lipinski definition) is 2. The van der Waals surface area contributed by atoms with E-state index in [4.69, 9.17) is 18.0 Å². The largest absolute Gasteiger partial charge is 0.393 e. The van der Waals surface area contributed by atoms with E-state index in [9.17, 15) is 0 Å². The van der Waals surface area contributed by atoms with E-state index in [0.29, 0.717) is 16.9 Å². The van der Waals surface area contributed by atoms with Crippen molar-refractivity contribution in [3.05, 3.63) is 0 Å². The highest BCUT2D eigenvalue weighted by Gasteiger charge is 2.27. The summed E-state index contributed by atoms with van der Waals surface area (Å²) in [7, 11) is 1.97. The number of nitrogens with two attached hydrogens (primary N) is 1. The number of hydrogen-bond acceptors (Lipinski definition) is 2. The van der Waals surface area contributed by atoms with Crippen molar-refractivity contribution in [2.75, 3.05) is 7.05 Å². The fourth-order valence-electron chi connectivity index (χ4n) is 1.65. The van der Waals surface area contributed by atoms with E-state index >= 15 is 0 Å². The Labute approximate surface area is 67.2 Å². The van der Waals surface area contributed by atoms with Gasteiger partial charge in [-0.3, -0.25) is 0 Å². The highest BCUT2D eigenvalue weighted by molar-refractivity contribution is 7.80. The normalized spacial score (nSPS) is 32.5. The van der Waals surface area contributed by atoms with Crippen LogP contribution in [0.3, 0.4) is 0 Å². The minimum absolute atomic E-state index is 0.444. The molecule has 2 nitrogen and oxygen atoms in total. The van der Waals surface area contributed by atoms with E-state index in [1.54, 1.807) is 0 Å². The fraction of sp³-hybridized carbons (Fsp3) is 0.857. The molecule has 3 heteroatoms. The van der Waals surface area contributed by atoms with Gasteiger partial charge in [0, 0.05) is 12.0 Å². The maximum Gasteiger partial charge on any atom is 0.0774 e. The highest BCUT2D eigenvalue weighted by Crippen LogP contribution is 2.25. The van der Waals surface area contributed by atoms with Crippen LogP contribution in [-0.2, 0) is 0 Å². The first-order chi connectivity index (χ1) is 4.75. The SMILES string of the molecule is CN[C@@H]1CCC[C@H]1C(N)=S. The molecule has 1 rings (SSSR count). The van der Waals surface area contributed by atoms with Crippen LogP contribution < -0.4 is 11.1 Å². The zero-order chi connectivity index (χ0) is 7.56. The summed E-state index contributed by atoms with van der Waals surface area (Å²) in [5.41, 5.74) is 5.56. The third-order valence-electron chi connectivity index (χ3n) is 2.25. The summed E-state index contributed by atoms with van der Waals surface area (Å²) in [6, 6.07) is 0.539. The second-order valence-corrected chi connectivity index (χ2v) is 3.31. The van der Waals surface area contributed by atoms with E-state index in [1.165, 1.54) is 19.3 Å². The highest BCUT2D eigenvalue weighted by atomic mass is 32.1. The van der Waals surface area contributed by atoms with E-state index < -0.39 is 0 Å². The molecule has 0 aromatic heterocycles. The van der Waals surface area contributed by atoms with Gasteiger partial charge in [-0.1, -0.05) is 18.6 Å². The molecule has 1 aliphatic carbocycles. The van der Waals surface area contributed by atoms with Crippen LogP contribution in [0, 0.1) is 5.92 Å². The Morgan fingerprint density at radius 1 is 1.60 bits per heavy atom. The molecule has 0 saturated heterocycles. The van der Waals surface area contributed by atoms with Gasteiger partial charge < -0.3 is 11.1 Å². The van der Waals surface area contributed by atoms with E-state index in [1.807, 2.05) is 7.05 Å². The molecule has 2 atom stereocenters. The molecule has 0 unspecified atom stereocenters. The quantitative estimate of drug-likeness (QED) is 0.580. The summed E-state index contributed by atoms with van der Waals surface area (Å²) in [6.45, 7) is 0. The van der Waals surface area contributed by atoms with Gasteiger partial charge in [-0.2, -0.15) is 0 Å². The molecule has 1 aliphatic rings. The van der Waals surface area contributed by atoms with Gasteiger partial charge in [0.1, 0.15) is 0 Å². The lowest BCUT2D eigenvalue weighted by Crippen LogP contribution is -2.36. The lowest BCUT2D eigenvalue weighted by atomic mass is 10.0. The number of thiocarbonyl (C=S) groups is 1. The Hall–Kier alpha value is -0.150. The van der Waals surface area contributed by atoms with Crippen LogP contribution in [0.25, 0.3) is 0 Å². The van der Waals surface area contributed by atoms with Crippen LogP contribution >= 0.6 is 12.2 Å². The number of nitrogens with one attached hydrogen (secondary N) is 1. The van der Waals surface area contributed by atoms with Crippen molar-refractivity contribution >= 4 is 17.2 Å². The molecular formula is C7H14N2S. The predicted octanol–water partition coefficient (Wildman–Crippen LogP) is 0.661. The van der Waals surface area contributed by atoms with E-state index in [2.05, 4.69) is 5.32 Å². The summed E-state index contributed by atoms with van der Waals surface area (Å²) in [5, 5.41) is 3.23. The maximum atomic E-state index is 5.56. The van der Waals surface area contributed by atoms with Crippen molar-refractivity contribution in [3.63, 3.8) is 0 Å². The summed E-state index contributed by atoms with van der Waals surface area (Å²) in [6.07, 6.45) is 3.65. The minimum atomic E-state index is 0.444. The maximum absolute atomic E-state index is 5.56. The molecule has 1 saturated carbocycles. The van der Waals surface area contributed by atoms with Crippen LogP contribution in [0.4, 0.5) is 0 Å². The molecule has 58 valence electrons. The molecule has 1 fully saturated rings. The third-order valence-corrected chi connectivity index (χ3v) is 2.55. The topological polar surface area (TPSA) is 38.0 Å². The van der Waals surface area contributed by atoms with E-state index in [0.717, 1.165) is 0 Å². The van der Waals surface area contributed by atoms with Crippen LogP contribution in [0.2, 0.25) is 0 Å². The first-order valence-electron chi connectivity index (χ1n) is 3.72. The molecule has 0 amide bonds. The van der Waals surface area contributed by atoms with Crippen molar-refractivity contribution in [3.8, 4) is 0 Å². The van der Waals surface area contributed by atoms with Crippen LogP contribution in [-0.4, -0.2) is 18.1 Å². The van der Waals surface area contributed by atoms with Gasteiger partial charge in [-0.15, -0.1) is 0 Å². The molecule has 0 heterocycles. The smallest absolute Gasteiger partial charge is 0.0774 e. The van der Waals surface area contributed by atoms with Gasteiger partial charge in [0.2, 0.25) is 0 Å². The van der Waals surface area contributed by atoms with Crippen molar-refractivity contribution in [2.45, 2.75) is 25.3 Å². The Balaban J connectivity index is 2.50. The molecule has 3 N–H and O–H groups in total. The van der Waals surface area contributed by atoms with Gasteiger partial charge in [-0.25, -0.2) is 0 Å². The van der Waals surface area contributed by atoms with Gasteiger partial charge >= 0.3 is 0 Å². The summed E-state index contributed by atoms with van der Waals surface area (Å²) < 4.78 is 0. The fourth-order valence-corrected chi connectivity index (χ4v) is 1.93. The molecule has 0 spiro atoms. The number of rotatable bonds is 2. The summed E-state index contributed by atoms with van der Waals surface area (Å²) in [5.74, 6) is 0.444. The Morgan fingerprint density at radius 3 is 2.70 bits per heavy atom. The zero-order valence-electron chi connectivity index (χ0n) is 6.26. The van der Waals surface area contributed by atoms with Gasteiger partial charge in [0.15, 0.2) is 0 Å². The average Bonchev–Trinajstić information content (AvgIpc) is 2.33. The van der Waals surface area contributed by atoms with Crippen molar-refractivity contribution in [2.24, 2.45) is 11.7 Å². The Bertz CT molecular complexity index is 136.